The summed E-state index contributed by atoms with van der Waals surface area (Å²) in [5.74, 6) is 0.00905. The second-order valence-electron chi connectivity index (χ2n) is 10.2. The van der Waals surface area contributed by atoms with Gasteiger partial charge in [-0.15, -0.1) is 0 Å². The second kappa shape index (κ2) is 13.1. The van der Waals surface area contributed by atoms with Crippen molar-refractivity contribution in [2.24, 2.45) is 0 Å². The zero-order valence-corrected chi connectivity index (χ0v) is 21.8. The maximum Gasteiger partial charge on any atom is 0.410 e. The van der Waals surface area contributed by atoms with Gasteiger partial charge in [0.25, 0.3) is 5.91 Å². The third-order valence-electron chi connectivity index (χ3n) is 5.97. The standard InChI is InChI=1S/C28H37N3O6/c1-28(2,3)37-27(34)31-17-16-22(18-31)29-26(33)21(11-5-4-6-15-25(32)30-35)19-36-24-14-9-12-20-10-7-8-13-23(20)24/h7-14,22,35H,4-6,15-19H2,1-3H3,(H,29,33)(H,30,32). The molecule has 1 aliphatic heterocycles. The van der Waals surface area contributed by atoms with Gasteiger partial charge in [0.05, 0.1) is 5.57 Å². The number of amides is 3. The molecule has 1 unspecified atom stereocenters. The Morgan fingerprint density at radius 1 is 1.11 bits per heavy atom. The van der Waals surface area contributed by atoms with Gasteiger partial charge in [0.2, 0.25) is 5.91 Å². The first-order valence-corrected chi connectivity index (χ1v) is 12.7. The van der Waals surface area contributed by atoms with Crippen LogP contribution in [0.5, 0.6) is 5.75 Å². The van der Waals surface area contributed by atoms with E-state index < -0.39 is 11.5 Å². The van der Waals surface area contributed by atoms with Crippen molar-refractivity contribution >= 4 is 28.7 Å². The van der Waals surface area contributed by atoms with Crippen molar-refractivity contribution in [1.29, 1.82) is 0 Å². The normalized spacial score (nSPS) is 15.9. The molecule has 1 saturated heterocycles. The van der Waals surface area contributed by atoms with Gasteiger partial charge in [-0.2, -0.15) is 0 Å². The number of fused-ring (bicyclic) bond motifs is 1. The molecular formula is C28H37N3O6. The van der Waals surface area contributed by atoms with Gasteiger partial charge in [0.15, 0.2) is 0 Å². The molecule has 200 valence electrons. The average Bonchev–Trinajstić information content (AvgIpc) is 3.33. The Morgan fingerprint density at radius 2 is 1.86 bits per heavy atom. The fraction of sp³-hybridized carbons (Fsp3) is 0.464. The van der Waals surface area contributed by atoms with Crippen molar-refractivity contribution in [3.63, 3.8) is 0 Å². The molecule has 0 saturated carbocycles. The number of nitrogens with one attached hydrogen (secondary N) is 2. The smallest absolute Gasteiger partial charge is 0.410 e. The topological polar surface area (TPSA) is 117 Å². The molecule has 2 aromatic carbocycles. The fourth-order valence-corrected chi connectivity index (χ4v) is 4.10. The van der Waals surface area contributed by atoms with Gasteiger partial charge < -0.3 is 19.7 Å². The van der Waals surface area contributed by atoms with Crippen LogP contribution in [-0.4, -0.2) is 59.4 Å². The molecule has 1 fully saturated rings. The third-order valence-corrected chi connectivity index (χ3v) is 5.97. The molecule has 1 heterocycles. The number of benzene rings is 2. The molecule has 1 atom stereocenters. The highest BCUT2D eigenvalue weighted by Crippen LogP contribution is 2.25. The number of unbranched alkanes of at least 4 members (excludes halogenated alkanes) is 2. The average molecular weight is 512 g/mol. The summed E-state index contributed by atoms with van der Waals surface area (Å²) in [4.78, 5) is 38.4. The van der Waals surface area contributed by atoms with Crippen LogP contribution < -0.4 is 15.5 Å². The molecule has 0 aliphatic carbocycles. The van der Waals surface area contributed by atoms with Crippen molar-refractivity contribution in [2.45, 2.75) is 64.5 Å². The number of ether oxygens (including phenoxy) is 2. The van der Waals surface area contributed by atoms with Crippen molar-refractivity contribution in [2.75, 3.05) is 19.7 Å². The monoisotopic (exact) mass is 511 g/mol. The van der Waals surface area contributed by atoms with Crippen molar-refractivity contribution in [1.82, 2.24) is 15.7 Å². The number of hydrogen-bond acceptors (Lipinski definition) is 6. The minimum absolute atomic E-state index is 0.0828. The molecule has 1 aliphatic rings. The highest BCUT2D eigenvalue weighted by Gasteiger charge is 2.31. The minimum Gasteiger partial charge on any atom is -0.488 e. The number of allylic oxidation sites excluding steroid dienone is 1. The molecule has 0 spiro atoms. The number of likely N-dealkylation sites (tertiary alicyclic amines) is 1. The highest BCUT2D eigenvalue weighted by atomic mass is 16.6. The molecule has 0 aromatic heterocycles. The lowest BCUT2D eigenvalue weighted by Gasteiger charge is -2.24. The fourth-order valence-electron chi connectivity index (χ4n) is 4.10. The lowest BCUT2D eigenvalue weighted by atomic mass is 10.1. The van der Waals surface area contributed by atoms with Gasteiger partial charge in [0, 0.05) is 30.9 Å². The number of nitrogens with zero attached hydrogens (tertiary/aromatic N) is 1. The first-order chi connectivity index (χ1) is 17.7. The van der Waals surface area contributed by atoms with Crippen LogP contribution >= 0.6 is 0 Å². The van der Waals surface area contributed by atoms with Gasteiger partial charge in [-0.05, 0) is 57.9 Å². The molecule has 0 radical (unpaired) electrons. The zero-order valence-electron chi connectivity index (χ0n) is 21.8. The lowest BCUT2D eigenvalue weighted by Crippen LogP contribution is -2.41. The van der Waals surface area contributed by atoms with E-state index in [-0.39, 0.29) is 31.1 Å². The number of hydroxylamine groups is 1. The van der Waals surface area contributed by atoms with E-state index in [1.807, 2.05) is 69.3 Å². The van der Waals surface area contributed by atoms with Crippen LogP contribution in [0.2, 0.25) is 0 Å². The van der Waals surface area contributed by atoms with E-state index in [0.29, 0.717) is 50.1 Å². The quantitative estimate of drug-likeness (QED) is 0.189. The van der Waals surface area contributed by atoms with E-state index in [9.17, 15) is 14.4 Å². The van der Waals surface area contributed by atoms with Crippen LogP contribution in [0.25, 0.3) is 10.8 Å². The molecule has 9 nitrogen and oxygen atoms in total. The summed E-state index contributed by atoms with van der Waals surface area (Å²) in [6.45, 7) is 6.45. The van der Waals surface area contributed by atoms with Gasteiger partial charge in [-0.1, -0.05) is 42.5 Å². The summed E-state index contributed by atoms with van der Waals surface area (Å²) >= 11 is 0. The van der Waals surface area contributed by atoms with Crippen LogP contribution in [0.15, 0.2) is 54.1 Å². The Bertz CT molecular complexity index is 1120. The maximum atomic E-state index is 13.2. The highest BCUT2D eigenvalue weighted by molar-refractivity contribution is 5.94. The molecule has 3 rings (SSSR count). The van der Waals surface area contributed by atoms with E-state index in [2.05, 4.69) is 5.32 Å². The Morgan fingerprint density at radius 3 is 2.62 bits per heavy atom. The minimum atomic E-state index is -0.578. The molecule has 0 bridgehead atoms. The van der Waals surface area contributed by atoms with Gasteiger partial charge in [0.1, 0.15) is 18.0 Å². The van der Waals surface area contributed by atoms with Crippen LogP contribution in [0, 0.1) is 0 Å². The summed E-state index contributed by atoms with van der Waals surface area (Å²) in [6.07, 6.45) is 4.13. The predicted molar refractivity (Wildman–Crippen MR) is 140 cm³/mol. The summed E-state index contributed by atoms with van der Waals surface area (Å²) < 4.78 is 11.5. The van der Waals surface area contributed by atoms with Crippen molar-refractivity contribution < 1.29 is 29.1 Å². The van der Waals surface area contributed by atoms with Crippen LogP contribution in [-0.2, 0) is 14.3 Å². The van der Waals surface area contributed by atoms with E-state index in [1.165, 1.54) is 0 Å². The molecule has 9 heteroatoms. The predicted octanol–water partition coefficient (Wildman–Crippen LogP) is 4.34. The third kappa shape index (κ3) is 8.78. The van der Waals surface area contributed by atoms with E-state index >= 15 is 0 Å². The van der Waals surface area contributed by atoms with E-state index in [0.717, 1.165) is 10.8 Å². The molecule has 3 amide bonds. The summed E-state index contributed by atoms with van der Waals surface area (Å²) in [5.41, 5.74) is 1.53. The first-order valence-electron chi connectivity index (χ1n) is 12.7. The number of rotatable bonds is 10. The first kappa shape index (κ1) is 28.0. The van der Waals surface area contributed by atoms with Gasteiger partial charge in [-0.25, -0.2) is 10.3 Å². The molecule has 2 aromatic rings. The summed E-state index contributed by atoms with van der Waals surface area (Å²) in [7, 11) is 0. The molecule has 3 N–H and O–H groups in total. The van der Waals surface area contributed by atoms with Crippen LogP contribution in [0.3, 0.4) is 0 Å². The molecule has 37 heavy (non-hydrogen) atoms. The van der Waals surface area contributed by atoms with E-state index in [4.69, 9.17) is 14.7 Å². The van der Waals surface area contributed by atoms with E-state index in [1.54, 1.807) is 10.4 Å². The lowest BCUT2D eigenvalue weighted by molar-refractivity contribution is -0.129. The number of carbonyl (C=O) groups is 3. The second-order valence-corrected chi connectivity index (χ2v) is 10.2. The van der Waals surface area contributed by atoms with Crippen LogP contribution in [0.1, 0.15) is 52.9 Å². The Kier molecular flexibility index (Phi) is 9.91. The number of hydrogen-bond donors (Lipinski definition) is 3. The maximum absolute atomic E-state index is 13.2. The summed E-state index contributed by atoms with van der Waals surface area (Å²) in [5, 5.41) is 13.7. The largest absolute Gasteiger partial charge is 0.488 e. The summed E-state index contributed by atoms with van der Waals surface area (Å²) in [6, 6.07) is 13.5. The van der Waals surface area contributed by atoms with Crippen LogP contribution in [0.4, 0.5) is 4.79 Å². The van der Waals surface area contributed by atoms with Gasteiger partial charge in [-0.3, -0.25) is 14.8 Å². The Labute approximate surface area is 217 Å². The van der Waals surface area contributed by atoms with Crippen molar-refractivity contribution in [3.05, 3.63) is 54.1 Å². The Hall–Kier alpha value is -3.59. The SMILES string of the molecule is CC(C)(C)OC(=O)N1CCC(NC(=O)C(=CCCCCC(=O)NO)COc2cccc3ccccc23)C1. The van der Waals surface area contributed by atoms with Gasteiger partial charge >= 0.3 is 6.09 Å². The Balaban J connectivity index is 1.63. The van der Waals surface area contributed by atoms with Crippen molar-refractivity contribution in [3.8, 4) is 5.75 Å². The zero-order chi connectivity index (χ0) is 26.8. The number of carbonyl (C=O) groups excluding carboxylic acids is 3. The molecular weight excluding hydrogens is 474 g/mol.